The van der Waals surface area contributed by atoms with Gasteiger partial charge in [-0.15, -0.1) is 0 Å². The molecule has 1 N–H and O–H groups in total. The van der Waals surface area contributed by atoms with Crippen LogP contribution in [0.1, 0.15) is 13.8 Å². The first kappa shape index (κ1) is 23.2. The molecule has 0 radical (unpaired) electrons. The van der Waals surface area contributed by atoms with Gasteiger partial charge in [-0.2, -0.15) is 0 Å². The van der Waals surface area contributed by atoms with Gasteiger partial charge in [0.1, 0.15) is 0 Å². The van der Waals surface area contributed by atoms with E-state index < -0.39 is 25.1 Å². The molecule has 1 aromatic rings. The van der Waals surface area contributed by atoms with Gasteiger partial charge in [0, 0.05) is 30.0 Å². The summed E-state index contributed by atoms with van der Waals surface area (Å²) in [5.74, 6) is 0.369. The third-order valence-electron chi connectivity index (χ3n) is 3.20. The van der Waals surface area contributed by atoms with E-state index in [1.165, 1.54) is 0 Å². The van der Waals surface area contributed by atoms with Crippen LogP contribution in [0, 0.1) is 11.6 Å². The number of esters is 2. The van der Waals surface area contributed by atoms with Gasteiger partial charge in [-0.05, 0) is 44.0 Å². The number of carbonyl (C=O) groups is 2. The zero-order valence-corrected chi connectivity index (χ0v) is 17.9. The van der Waals surface area contributed by atoms with E-state index in [2.05, 4.69) is 32.8 Å². The van der Waals surface area contributed by atoms with Gasteiger partial charge in [-0.1, -0.05) is 15.9 Å². The SMILES string of the molecule is CCOC(=O)C(C#CP(=O)(OC)OC)(Nc1ccc(Br)cc1)C(=O)OCC. The number of ether oxygens (including phenoxy) is 2. The summed E-state index contributed by atoms with van der Waals surface area (Å²) in [6.07, 6.45) is 0. The first-order valence-corrected chi connectivity index (χ1v) is 10.2. The minimum atomic E-state index is -3.83. The summed E-state index contributed by atoms with van der Waals surface area (Å²) in [4.78, 5) is 25.4. The zero-order chi connectivity index (χ0) is 20.5. The van der Waals surface area contributed by atoms with E-state index in [0.717, 1.165) is 18.7 Å². The fraction of sp³-hybridized carbons (Fsp3) is 0.412. The van der Waals surface area contributed by atoms with Gasteiger partial charge in [0.15, 0.2) is 0 Å². The number of benzene rings is 1. The normalized spacial score (nSPS) is 11.1. The van der Waals surface area contributed by atoms with E-state index in [0.29, 0.717) is 5.69 Å². The Balaban J connectivity index is 3.55. The highest BCUT2D eigenvalue weighted by atomic mass is 79.9. The Morgan fingerprint density at radius 3 is 1.96 bits per heavy atom. The molecule has 0 amide bonds. The van der Waals surface area contributed by atoms with Crippen LogP contribution in [-0.4, -0.2) is 44.9 Å². The molecule has 0 aliphatic rings. The Bertz CT molecular complexity index is 744. The van der Waals surface area contributed by atoms with Crippen molar-refractivity contribution in [2.75, 3.05) is 32.8 Å². The van der Waals surface area contributed by atoms with Crippen LogP contribution in [0.4, 0.5) is 5.69 Å². The van der Waals surface area contributed by atoms with Gasteiger partial charge in [-0.25, -0.2) is 14.2 Å². The molecule has 10 heteroatoms. The van der Waals surface area contributed by atoms with Crippen LogP contribution in [0.3, 0.4) is 0 Å². The van der Waals surface area contributed by atoms with Gasteiger partial charge >= 0.3 is 19.5 Å². The molecule has 0 atom stereocenters. The number of nitrogens with one attached hydrogen (secondary N) is 1. The summed E-state index contributed by atoms with van der Waals surface area (Å²) in [5.41, 5.74) is 0.364. The number of hydrogen-bond donors (Lipinski definition) is 1. The smallest absolute Gasteiger partial charge is 0.405 e. The summed E-state index contributed by atoms with van der Waals surface area (Å²) in [6.45, 7) is 3.15. The molecule has 1 rings (SSSR count). The second kappa shape index (κ2) is 10.5. The molecule has 148 valence electrons. The Morgan fingerprint density at radius 1 is 1.07 bits per heavy atom. The molecule has 0 aromatic heterocycles. The Labute approximate surface area is 166 Å². The Hall–Kier alpha value is -1.85. The lowest BCUT2D eigenvalue weighted by atomic mass is 10.0. The summed E-state index contributed by atoms with van der Waals surface area (Å²) in [5, 5.41) is 2.73. The fourth-order valence-electron chi connectivity index (χ4n) is 1.87. The molecule has 1 aromatic carbocycles. The quantitative estimate of drug-likeness (QED) is 0.272. The van der Waals surface area contributed by atoms with Crippen molar-refractivity contribution in [2.24, 2.45) is 0 Å². The average molecular weight is 462 g/mol. The van der Waals surface area contributed by atoms with Crippen molar-refractivity contribution >= 4 is 41.2 Å². The maximum Gasteiger partial charge on any atom is 0.405 e. The summed E-state index contributed by atoms with van der Waals surface area (Å²) in [7, 11) is -1.56. The van der Waals surface area contributed by atoms with Crippen molar-refractivity contribution in [3.8, 4) is 11.6 Å². The van der Waals surface area contributed by atoms with E-state index in [9.17, 15) is 14.2 Å². The molecule has 0 saturated carbocycles. The Kier molecular flexibility index (Phi) is 9.00. The molecular formula is C17H21BrNO7P. The first-order chi connectivity index (χ1) is 12.8. The van der Waals surface area contributed by atoms with Crippen molar-refractivity contribution in [1.82, 2.24) is 0 Å². The molecule has 0 bridgehead atoms. The van der Waals surface area contributed by atoms with Crippen molar-refractivity contribution in [3.05, 3.63) is 28.7 Å². The minimum absolute atomic E-state index is 0.00407. The lowest BCUT2D eigenvalue weighted by Crippen LogP contribution is -2.54. The van der Waals surface area contributed by atoms with Crippen molar-refractivity contribution in [1.29, 1.82) is 0 Å². The van der Waals surface area contributed by atoms with E-state index >= 15 is 0 Å². The van der Waals surface area contributed by atoms with Crippen LogP contribution in [0.5, 0.6) is 0 Å². The molecule has 27 heavy (non-hydrogen) atoms. The maximum absolute atomic E-state index is 12.7. The largest absolute Gasteiger partial charge is 0.463 e. The van der Waals surface area contributed by atoms with E-state index in [1.807, 2.05) is 0 Å². The van der Waals surface area contributed by atoms with Crippen LogP contribution in [0.15, 0.2) is 28.7 Å². The molecule has 0 unspecified atom stereocenters. The second-order valence-corrected chi connectivity index (χ2v) is 7.79. The highest BCUT2D eigenvalue weighted by molar-refractivity contribution is 9.10. The van der Waals surface area contributed by atoms with E-state index in [-0.39, 0.29) is 13.2 Å². The number of hydrogen-bond acceptors (Lipinski definition) is 8. The van der Waals surface area contributed by atoms with Crippen molar-refractivity contribution in [2.45, 2.75) is 19.4 Å². The maximum atomic E-state index is 12.7. The highest BCUT2D eigenvalue weighted by Gasteiger charge is 2.49. The van der Waals surface area contributed by atoms with Gasteiger partial charge in [0.05, 0.1) is 13.2 Å². The van der Waals surface area contributed by atoms with Gasteiger partial charge in [0.2, 0.25) is 0 Å². The molecule has 0 fully saturated rings. The lowest BCUT2D eigenvalue weighted by Gasteiger charge is -2.26. The predicted molar refractivity (Wildman–Crippen MR) is 103 cm³/mol. The monoisotopic (exact) mass is 461 g/mol. The zero-order valence-electron chi connectivity index (χ0n) is 15.4. The van der Waals surface area contributed by atoms with Crippen LogP contribution in [0.25, 0.3) is 0 Å². The third-order valence-corrected chi connectivity index (χ3v) is 5.08. The molecule has 8 nitrogen and oxygen atoms in total. The van der Waals surface area contributed by atoms with Crippen LogP contribution < -0.4 is 5.32 Å². The van der Waals surface area contributed by atoms with Crippen molar-refractivity contribution in [3.63, 3.8) is 0 Å². The molecule has 0 spiro atoms. The topological polar surface area (TPSA) is 100 Å². The summed E-state index contributed by atoms with van der Waals surface area (Å²) >= 11 is 3.30. The molecule has 0 aliphatic heterocycles. The number of anilines is 1. The van der Waals surface area contributed by atoms with Crippen LogP contribution >= 0.6 is 23.5 Å². The molecule has 0 aliphatic carbocycles. The van der Waals surface area contributed by atoms with Gasteiger partial charge < -0.3 is 23.8 Å². The van der Waals surface area contributed by atoms with E-state index in [1.54, 1.807) is 38.1 Å². The molecule has 0 heterocycles. The van der Waals surface area contributed by atoms with Gasteiger partial charge in [-0.3, -0.25) is 0 Å². The van der Waals surface area contributed by atoms with E-state index in [4.69, 9.17) is 18.5 Å². The molecule has 0 saturated heterocycles. The highest BCUT2D eigenvalue weighted by Crippen LogP contribution is 2.45. The molecular weight excluding hydrogens is 441 g/mol. The third kappa shape index (κ3) is 6.08. The average Bonchev–Trinajstić information content (AvgIpc) is 2.66. The second-order valence-electron chi connectivity index (χ2n) is 4.92. The van der Waals surface area contributed by atoms with Crippen LogP contribution in [0.2, 0.25) is 0 Å². The summed E-state index contributed by atoms with van der Waals surface area (Å²) < 4.78 is 32.6. The fourth-order valence-corrected chi connectivity index (χ4v) is 2.77. The van der Waals surface area contributed by atoms with Gasteiger partial charge in [0.25, 0.3) is 5.54 Å². The standard InChI is InChI=1S/C17H21BrNO7P/c1-5-25-15(20)17(16(21)26-6-2,11-12-27(22,23-3)24-4)19-14-9-7-13(18)8-10-14/h7-10,19H,5-6H2,1-4H3. The number of rotatable bonds is 8. The van der Waals surface area contributed by atoms with Crippen LogP contribution in [-0.2, 0) is 32.7 Å². The Morgan fingerprint density at radius 2 is 1.56 bits per heavy atom. The van der Waals surface area contributed by atoms with Crippen molar-refractivity contribution < 1.29 is 32.7 Å². The predicted octanol–water partition coefficient (Wildman–Crippen LogP) is 3.17. The summed E-state index contributed by atoms with van der Waals surface area (Å²) in [6, 6.07) is 6.63. The number of carbonyl (C=O) groups excluding carboxylic acids is 2. The number of halogens is 1. The minimum Gasteiger partial charge on any atom is -0.463 e. The lowest BCUT2D eigenvalue weighted by molar-refractivity contribution is -0.159. The first-order valence-electron chi connectivity index (χ1n) is 7.91.